The molecule has 2 nitrogen and oxygen atoms in total. The zero-order chi connectivity index (χ0) is 9.52. The highest BCUT2D eigenvalue weighted by molar-refractivity contribution is 5.97. The van der Waals surface area contributed by atoms with E-state index >= 15 is 0 Å². The first-order valence-electron chi connectivity index (χ1n) is 4.24. The minimum atomic E-state index is 0.113. The summed E-state index contributed by atoms with van der Waals surface area (Å²) in [5.41, 5.74) is 0.749. The molecule has 68 valence electrons. The maximum Gasteiger partial charge on any atom is 0.176 e. The number of rotatable bonds is 5. The van der Waals surface area contributed by atoms with Crippen LogP contribution in [0.2, 0.25) is 0 Å². The summed E-state index contributed by atoms with van der Waals surface area (Å²) >= 11 is 0. The Morgan fingerprint density at radius 2 is 2.08 bits per heavy atom. The van der Waals surface area contributed by atoms with Crippen molar-refractivity contribution in [2.45, 2.75) is 0 Å². The van der Waals surface area contributed by atoms with Crippen molar-refractivity contribution in [2.75, 3.05) is 13.1 Å². The molecule has 0 saturated carbocycles. The van der Waals surface area contributed by atoms with Crippen LogP contribution in [0.15, 0.2) is 43.0 Å². The smallest absolute Gasteiger partial charge is 0.176 e. The molecule has 0 fully saturated rings. The van der Waals surface area contributed by atoms with E-state index in [4.69, 9.17) is 0 Å². The van der Waals surface area contributed by atoms with Gasteiger partial charge in [0.2, 0.25) is 0 Å². The summed E-state index contributed by atoms with van der Waals surface area (Å²) in [5, 5.41) is 2.97. The summed E-state index contributed by atoms with van der Waals surface area (Å²) in [6.45, 7) is 4.59. The van der Waals surface area contributed by atoms with Crippen LogP contribution in [0.3, 0.4) is 0 Å². The third-order valence-electron chi connectivity index (χ3n) is 1.67. The molecule has 1 N–H and O–H groups in total. The second-order valence-corrected chi connectivity index (χ2v) is 2.71. The van der Waals surface area contributed by atoms with Gasteiger partial charge < -0.3 is 5.32 Å². The fraction of sp³-hybridized carbons (Fsp3) is 0.182. The van der Waals surface area contributed by atoms with Gasteiger partial charge in [-0.2, -0.15) is 0 Å². The van der Waals surface area contributed by atoms with Crippen molar-refractivity contribution in [2.24, 2.45) is 0 Å². The number of hydrogen-bond acceptors (Lipinski definition) is 2. The first-order valence-corrected chi connectivity index (χ1v) is 4.24. The van der Waals surface area contributed by atoms with E-state index < -0.39 is 0 Å². The fourth-order valence-electron chi connectivity index (χ4n) is 1.01. The molecule has 0 aromatic heterocycles. The standard InChI is InChI=1S/C11H13NO/c1-2-8-12-9-11(13)10-6-4-3-5-7-10/h2-7,12H,1,8-9H2. The SMILES string of the molecule is C=CCNCC(=O)c1ccccc1. The molecule has 1 rings (SSSR count). The van der Waals surface area contributed by atoms with Gasteiger partial charge in [0, 0.05) is 12.1 Å². The second-order valence-electron chi connectivity index (χ2n) is 2.71. The van der Waals surface area contributed by atoms with Crippen LogP contribution >= 0.6 is 0 Å². The number of carbonyl (C=O) groups is 1. The van der Waals surface area contributed by atoms with Gasteiger partial charge in [0.15, 0.2) is 5.78 Å². The van der Waals surface area contributed by atoms with Gasteiger partial charge in [-0.3, -0.25) is 4.79 Å². The van der Waals surface area contributed by atoms with Gasteiger partial charge in [-0.25, -0.2) is 0 Å². The highest BCUT2D eigenvalue weighted by Crippen LogP contribution is 1.98. The maximum absolute atomic E-state index is 11.4. The zero-order valence-corrected chi connectivity index (χ0v) is 7.49. The summed E-state index contributed by atoms with van der Waals surface area (Å²) < 4.78 is 0. The van der Waals surface area contributed by atoms with Gasteiger partial charge >= 0.3 is 0 Å². The quantitative estimate of drug-likeness (QED) is 0.419. The van der Waals surface area contributed by atoms with E-state index in [2.05, 4.69) is 11.9 Å². The van der Waals surface area contributed by atoms with E-state index in [0.717, 1.165) is 5.56 Å². The summed E-state index contributed by atoms with van der Waals surface area (Å²) in [4.78, 5) is 11.4. The zero-order valence-electron chi connectivity index (χ0n) is 7.49. The lowest BCUT2D eigenvalue weighted by Crippen LogP contribution is -2.22. The molecule has 1 aromatic carbocycles. The van der Waals surface area contributed by atoms with E-state index in [9.17, 15) is 4.79 Å². The number of benzene rings is 1. The predicted octanol–water partition coefficient (Wildman–Crippen LogP) is 1.64. The Morgan fingerprint density at radius 3 is 2.69 bits per heavy atom. The third-order valence-corrected chi connectivity index (χ3v) is 1.67. The van der Waals surface area contributed by atoms with Crippen LogP contribution in [0.4, 0.5) is 0 Å². The van der Waals surface area contributed by atoms with Gasteiger partial charge in [-0.15, -0.1) is 6.58 Å². The molecule has 0 unspecified atom stereocenters. The number of carbonyl (C=O) groups excluding carboxylic acids is 1. The molecular weight excluding hydrogens is 162 g/mol. The first kappa shape index (κ1) is 9.68. The molecule has 0 radical (unpaired) electrons. The molecule has 0 atom stereocenters. The lowest BCUT2D eigenvalue weighted by molar-refractivity contribution is 0.0992. The predicted molar refractivity (Wildman–Crippen MR) is 53.8 cm³/mol. The monoisotopic (exact) mass is 175 g/mol. The molecular formula is C11H13NO. The topological polar surface area (TPSA) is 29.1 Å². The number of Topliss-reactive ketones (excluding diaryl/α,β-unsaturated/α-hetero) is 1. The van der Waals surface area contributed by atoms with E-state index in [1.807, 2.05) is 30.3 Å². The Labute approximate surface area is 78.3 Å². The van der Waals surface area contributed by atoms with Crippen LogP contribution in [0.5, 0.6) is 0 Å². The largest absolute Gasteiger partial charge is 0.306 e. The van der Waals surface area contributed by atoms with Crippen LogP contribution in [-0.2, 0) is 0 Å². The van der Waals surface area contributed by atoms with E-state index in [-0.39, 0.29) is 5.78 Å². The Balaban J connectivity index is 2.45. The molecule has 0 bridgehead atoms. The molecule has 0 amide bonds. The highest BCUT2D eigenvalue weighted by Gasteiger charge is 2.02. The average molecular weight is 175 g/mol. The van der Waals surface area contributed by atoms with Crippen molar-refractivity contribution >= 4 is 5.78 Å². The fourth-order valence-corrected chi connectivity index (χ4v) is 1.01. The highest BCUT2D eigenvalue weighted by atomic mass is 16.1. The van der Waals surface area contributed by atoms with Crippen molar-refractivity contribution in [3.63, 3.8) is 0 Å². The van der Waals surface area contributed by atoms with Crippen molar-refractivity contribution < 1.29 is 4.79 Å². The Morgan fingerprint density at radius 1 is 1.38 bits per heavy atom. The number of nitrogens with one attached hydrogen (secondary N) is 1. The van der Waals surface area contributed by atoms with Gasteiger partial charge in [-0.1, -0.05) is 36.4 Å². The van der Waals surface area contributed by atoms with E-state index in [1.165, 1.54) is 0 Å². The lowest BCUT2D eigenvalue weighted by atomic mass is 10.1. The minimum absolute atomic E-state index is 0.113. The molecule has 0 aliphatic heterocycles. The number of ketones is 1. The Kier molecular flexibility index (Phi) is 3.93. The van der Waals surface area contributed by atoms with Crippen molar-refractivity contribution in [1.29, 1.82) is 0 Å². The third kappa shape index (κ3) is 3.22. The van der Waals surface area contributed by atoms with Gasteiger partial charge in [0.1, 0.15) is 0 Å². The normalized spacial score (nSPS) is 9.54. The van der Waals surface area contributed by atoms with Gasteiger partial charge in [0.05, 0.1) is 6.54 Å². The van der Waals surface area contributed by atoms with Gasteiger partial charge in [0.25, 0.3) is 0 Å². The molecule has 2 heteroatoms. The molecule has 0 spiro atoms. The van der Waals surface area contributed by atoms with E-state index in [1.54, 1.807) is 6.08 Å². The molecule has 1 aromatic rings. The van der Waals surface area contributed by atoms with Crippen molar-refractivity contribution in [1.82, 2.24) is 5.32 Å². The lowest BCUT2D eigenvalue weighted by Gasteiger charge is -2.00. The van der Waals surface area contributed by atoms with Crippen LogP contribution in [0, 0.1) is 0 Å². The summed E-state index contributed by atoms with van der Waals surface area (Å²) in [6.07, 6.45) is 1.73. The summed E-state index contributed by atoms with van der Waals surface area (Å²) in [7, 11) is 0. The first-order chi connectivity index (χ1) is 6.34. The minimum Gasteiger partial charge on any atom is -0.306 e. The number of hydrogen-bond donors (Lipinski definition) is 1. The summed E-state index contributed by atoms with van der Waals surface area (Å²) in [5.74, 6) is 0.113. The van der Waals surface area contributed by atoms with Gasteiger partial charge in [-0.05, 0) is 0 Å². The average Bonchev–Trinajstić information content (AvgIpc) is 2.19. The summed E-state index contributed by atoms with van der Waals surface area (Å²) in [6, 6.07) is 9.26. The van der Waals surface area contributed by atoms with Crippen LogP contribution < -0.4 is 5.32 Å². The molecule has 0 aliphatic rings. The van der Waals surface area contributed by atoms with Crippen LogP contribution in [-0.4, -0.2) is 18.9 Å². The van der Waals surface area contributed by atoms with Crippen molar-refractivity contribution in [3.8, 4) is 0 Å². The van der Waals surface area contributed by atoms with Crippen LogP contribution in [0.1, 0.15) is 10.4 Å². The molecule has 13 heavy (non-hydrogen) atoms. The molecule has 0 aliphatic carbocycles. The second kappa shape index (κ2) is 5.27. The van der Waals surface area contributed by atoms with E-state index in [0.29, 0.717) is 13.1 Å². The van der Waals surface area contributed by atoms with Crippen LogP contribution in [0.25, 0.3) is 0 Å². The Hall–Kier alpha value is -1.41. The molecule has 0 saturated heterocycles. The molecule has 0 heterocycles. The Bertz CT molecular complexity index is 279. The maximum atomic E-state index is 11.4. The van der Waals surface area contributed by atoms with Crippen molar-refractivity contribution in [3.05, 3.63) is 48.6 Å².